The number of carbonyl (C=O) groups is 1. The number of esters is 1. The molecule has 1 atom stereocenters. The maximum atomic E-state index is 11.6. The van der Waals surface area contributed by atoms with Gasteiger partial charge in [-0.1, -0.05) is 6.07 Å². The summed E-state index contributed by atoms with van der Waals surface area (Å²) in [5, 5.41) is 14.2. The van der Waals surface area contributed by atoms with E-state index in [0.29, 0.717) is 12.3 Å². The largest absolute Gasteiger partial charge is 0.490 e. The highest BCUT2D eigenvalue weighted by Gasteiger charge is 2.16. The summed E-state index contributed by atoms with van der Waals surface area (Å²) in [7, 11) is 1.37. The van der Waals surface area contributed by atoms with Gasteiger partial charge in [0, 0.05) is 29.2 Å². The van der Waals surface area contributed by atoms with Crippen LogP contribution in [0.5, 0.6) is 5.75 Å². The Morgan fingerprint density at radius 2 is 2.08 bits per heavy atom. The number of rotatable bonds is 7. The van der Waals surface area contributed by atoms with Crippen molar-refractivity contribution in [3.05, 3.63) is 30.0 Å². The fourth-order valence-corrected chi connectivity index (χ4v) is 2.38. The highest BCUT2D eigenvalue weighted by molar-refractivity contribution is 5.92. The second kappa shape index (κ2) is 9.08. The summed E-state index contributed by atoms with van der Waals surface area (Å²) >= 11 is 0. The lowest BCUT2D eigenvalue weighted by Crippen LogP contribution is -2.42. The molecule has 0 aliphatic carbocycles. The number of hydrogen-bond acceptors (Lipinski definition) is 5. The number of aromatic nitrogens is 1. The normalized spacial score (nSPS) is 12.5. The molecule has 1 unspecified atom stereocenters. The van der Waals surface area contributed by atoms with Crippen LogP contribution in [0.15, 0.2) is 24.4 Å². The molecule has 0 aliphatic heterocycles. The van der Waals surface area contributed by atoms with Gasteiger partial charge in [0.1, 0.15) is 18.5 Å². The second-order valence-electron chi connectivity index (χ2n) is 6.84. The van der Waals surface area contributed by atoms with Gasteiger partial charge in [-0.05, 0) is 38.5 Å². The first kappa shape index (κ1) is 21.3. The lowest BCUT2D eigenvalue weighted by Gasteiger charge is -2.23. The third-order valence-corrected chi connectivity index (χ3v) is 3.61. The summed E-state index contributed by atoms with van der Waals surface area (Å²) < 4.78 is 10.5. The van der Waals surface area contributed by atoms with Gasteiger partial charge in [0.05, 0.1) is 13.5 Å². The summed E-state index contributed by atoms with van der Waals surface area (Å²) in [5.41, 5.74) is 1.64. The maximum Gasteiger partial charge on any atom is 0.310 e. The smallest absolute Gasteiger partial charge is 0.310 e. The first-order valence-electron chi connectivity index (χ1n) is 8.02. The van der Waals surface area contributed by atoms with E-state index in [9.17, 15) is 9.90 Å². The molecule has 0 aliphatic rings. The lowest BCUT2D eigenvalue weighted by molar-refractivity contribution is -0.139. The fourth-order valence-electron chi connectivity index (χ4n) is 2.38. The van der Waals surface area contributed by atoms with Gasteiger partial charge < -0.3 is 24.9 Å². The number of halogens is 1. The molecule has 0 radical (unpaired) electrons. The molecule has 7 heteroatoms. The number of benzene rings is 1. The molecular formula is C18H27ClN2O4. The van der Waals surface area contributed by atoms with Crippen molar-refractivity contribution in [2.75, 3.05) is 20.3 Å². The van der Waals surface area contributed by atoms with Crippen LogP contribution < -0.4 is 10.1 Å². The Balaban J connectivity index is 0.00000312. The summed E-state index contributed by atoms with van der Waals surface area (Å²) in [6.07, 6.45) is 1.33. The molecule has 2 aromatic rings. The van der Waals surface area contributed by atoms with Crippen molar-refractivity contribution in [1.82, 2.24) is 10.3 Å². The van der Waals surface area contributed by atoms with Crippen molar-refractivity contribution in [2.45, 2.75) is 38.8 Å². The average molecular weight is 371 g/mol. The van der Waals surface area contributed by atoms with Gasteiger partial charge >= 0.3 is 5.97 Å². The Labute approximate surface area is 154 Å². The molecule has 3 N–H and O–H groups in total. The van der Waals surface area contributed by atoms with Gasteiger partial charge in [-0.3, -0.25) is 4.79 Å². The van der Waals surface area contributed by atoms with Crippen LogP contribution in [0.4, 0.5) is 0 Å². The Morgan fingerprint density at radius 3 is 2.72 bits per heavy atom. The Kier molecular flexibility index (Phi) is 7.73. The minimum absolute atomic E-state index is 0. The number of hydrogen-bond donors (Lipinski definition) is 3. The molecule has 25 heavy (non-hydrogen) atoms. The Bertz CT molecular complexity index is 694. The summed E-state index contributed by atoms with van der Waals surface area (Å²) in [6.45, 7) is 6.74. The van der Waals surface area contributed by atoms with Gasteiger partial charge in [0.2, 0.25) is 0 Å². The molecule has 1 heterocycles. The third-order valence-electron chi connectivity index (χ3n) is 3.61. The van der Waals surface area contributed by atoms with Crippen molar-refractivity contribution in [3.8, 4) is 5.75 Å². The van der Waals surface area contributed by atoms with E-state index in [4.69, 9.17) is 9.47 Å². The highest BCUT2D eigenvalue weighted by atomic mass is 35.5. The van der Waals surface area contributed by atoms with Crippen LogP contribution in [-0.2, 0) is 16.0 Å². The van der Waals surface area contributed by atoms with E-state index in [0.717, 1.165) is 16.5 Å². The molecule has 0 saturated carbocycles. The molecule has 0 bridgehead atoms. The minimum atomic E-state index is -0.623. The second-order valence-corrected chi connectivity index (χ2v) is 6.84. The van der Waals surface area contributed by atoms with Crippen LogP contribution in [0.3, 0.4) is 0 Å². The van der Waals surface area contributed by atoms with E-state index < -0.39 is 6.10 Å². The first-order valence-corrected chi connectivity index (χ1v) is 8.02. The number of fused-ring (bicyclic) bond motifs is 1. The van der Waals surface area contributed by atoms with E-state index in [1.54, 1.807) is 6.20 Å². The molecule has 2 rings (SSSR count). The molecule has 1 aromatic heterocycles. The van der Waals surface area contributed by atoms with Crippen molar-refractivity contribution in [3.63, 3.8) is 0 Å². The Hall–Kier alpha value is -1.76. The predicted molar refractivity (Wildman–Crippen MR) is 101 cm³/mol. The predicted octanol–water partition coefficient (Wildman–Crippen LogP) is 2.43. The fraction of sp³-hybridized carbons (Fsp3) is 0.500. The van der Waals surface area contributed by atoms with Gasteiger partial charge in [-0.2, -0.15) is 0 Å². The van der Waals surface area contributed by atoms with E-state index >= 15 is 0 Å². The zero-order chi connectivity index (χ0) is 17.7. The van der Waals surface area contributed by atoms with Crippen molar-refractivity contribution < 1.29 is 19.4 Å². The molecular weight excluding hydrogens is 344 g/mol. The van der Waals surface area contributed by atoms with Crippen LogP contribution in [-0.4, -0.2) is 48.0 Å². The van der Waals surface area contributed by atoms with E-state index in [-0.39, 0.29) is 36.9 Å². The summed E-state index contributed by atoms with van der Waals surface area (Å²) in [4.78, 5) is 14.7. The SMILES string of the molecule is COC(=O)Cc1c[nH]c2cccc(OCC(O)CNC(C)(C)C)c12.Cl. The molecule has 140 valence electrons. The number of aliphatic hydroxyl groups excluding tert-OH is 1. The van der Waals surface area contributed by atoms with Crippen LogP contribution in [0.25, 0.3) is 10.9 Å². The third kappa shape index (κ3) is 6.23. The summed E-state index contributed by atoms with van der Waals surface area (Å²) in [5.74, 6) is 0.336. The lowest BCUT2D eigenvalue weighted by atomic mass is 10.1. The zero-order valence-electron chi connectivity index (χ0n) is 15.1. The van der Waals surface area contributed by atoms with E-state index in [2.05, 4.69) is 10.3 Å². The number of carbonyl (C=O) groups excluding carboxylic acids is 1. The highest BCUT2D eigenvalue weighted by Crippen LogP contribution is 2.29. The van der Waals surface area contributed by atoms with E-state index in [1.165, 1.54) is 7.11 Å². The monoisotopic (exact) mass is 370 g/mol. The van der Waals surface area contributed by atoms with Gasteiger partial charge in [0.25, 0.3) is 0 Å². The molecule has 0 amide bonds. The summed E-state index contributed by atoms with van der Waals surface area (Å²) in [6, 6.07) is 5.62. The van der Waals surface area contributed by atoms with Gasteiger partial charge in [-0.15, -0.1) is 12.4 Å². The average Bonchev–Trinajstić information content (AvgIpc) is 2.93. The quantitative estimate of drug-likeness (QED) is 0.652. The van der Waals surface area contributed by atoms with E-state index in [1.807, 2.05) is 39.0 Å². The van der Waals surface area contributed by atoms with Crippen molar-refractivity contribution in [1.29, 1.82) is 0 Å². The van der Waals surface area contributed by atoms with Crippen molar-refractivity contribution >= 4 is 29.3 Å². The van der Waals surface area contributed by atoms with Crippen molar-refractivity contribution in [2.24, 2.45) is 0 Å². The molecule has 1 aromatic carbocycles. The number of β-amino-alcohol motifs (C(OH)–C–C–N with tert-alkyl or cyclic N) is 1. The Morgan fingerprint density at radius 1 is 1.36 bits per heavy atom. The molecule has 6 nitrogen and oxygen atoms in total. The number of aliphatic hydroxyl groups is 1. The first-order chi connectivity index (χ1) is 11.3. The number of methoxy groups -OCH3 is 1. The number of aromatic amines is 1. The topological polar surface area (TPSA) is 83.6 Å². The van der Waals surface area contributed by atoms with Crippen LogP contribution in [0, 0.1) is 0 Å². The van der Waals surface area contributed by atoms with Crippen LogP contribution in [0.1, 0.15) is 26.3 Å². The van der Waals surface area contributed by atoms with Gasteiger partial charge in [-0.25, -0.2) is 0 Å². The molecule has 0 spiro atoms. The molecule has 0 fully saturated rings. The number of nitrogens with one attached hydrogen (secondary N) is 2. The maximum absolute atomic E-state index is 11.6. The van der Waals surface area contributed by atoms with Gasteiger partial charge in [0.15, 0.2) is 0 Å². The van der Waals surface area contributed by atoms with Crippen LogP contribution >= 0.6 is 12.4 Å². The standard InChI is InChI=1S/C18H26N2O4.ClH/c1-18(2,3)20-10-13(21)11-24-15-7-5-6-14-17(15)12(9-19-14)8-16(22)23-4;/h5-7,9,13,19-21H,8,10-11H2,1-4H3;1H. The zero-order valence-corrected chi connectivity index (χ0v) is 15.9. The number of ether oxygens (including phenoxy) is 2. The minimum Gasteiger partial charge on any atom is -0.490 e. The molecule has 0 saturated heterocycles. The number of H-pyrrole nitrogens is 1. The van der Waals surface area contributed by atoms with Crippen LogP contribution in [0.2, 0.25) is 0 Å².